The molecule has 0 spiro atoms. The van der Waals surface area contributed by atoms with Gasteiger partial charge in [0.2, 0.25) is 5.95 Å². The molecule has 1 unspecified atom stereocenters. The number of nitrogens with zero attached hydrogens (tertiary/aromatic N) is 7. The maximum Gasteiger partial charge on any atom is 0.227 e. The minimum absolute atomic E-state index is 0.0848. The average molecular weight is 545 g/mol. The van der Waals surface area contributed by atoms with Gasteiger partial charge in [-0.05, 0) is 50.2 Å². The molecule has 2 aromatic heterocycles. The van der Waals surface area contributed by atoms with Crippen LogP contribution in [-0.4, -0.2) is 78.3 Å². The number of aromatic nitrogens is 3. The van der Waals surface area contributed by atoms with Crippen LogP contribution in [0, 0.1) is 5.82 Å². The highest BCUT2D eigenvalue weighted by Crippen LogP contribution is 2.31. The number of pyridine rings is 1. The van der Waals surface area contributed by atoms with Gasteiger partial charge in [-0.15, -0.1) is 0 Å². The maximum atomic E-state index is 13.9. The van der Waals surface area contributed by atoms with E-state index in [1.165, 1.54) is 6.07 Å². The van der Waals surface area contributed by atoms with Gasteiger partial charge in [-0.1, -0.05) is 30.1 Å². The zero-order valence-electron chi connectivity index (χ0n) is 21.2. The monoisotopic (exact) mass is 543 g/mol. The first-order valence-electron chi connectivity index (χ1n) is 12.9. The van der Waals surface area contributed by atoms with Crippen molar-refractivity contribution < 1.29 is 4.39 Å². The van der Waals surface area contributed by atoms with Crippen molar-refractivity contribution >= 4 is 40.8 Å². The summed E-state index contributed by atoms with van der Waals surface area (Å²) >= 11 is 12.6. The summed E-state index contributed by atoms with van der Waals surface area (Å²) in [6, 6.07) is 10.6. The van der Waals surface area contributed by atoms with Gasteiger partial charge in [0, 0.05) is 69.7 Å². The van der Waals surface area contributed by atoms with Crippen molar-refractivity contribution in [2.24, 2.45) is 0 Å². The van der Waals surface area contributed by atoms with Gasteiger partial charge in [0.05, 0.1) is 15.7 Å². The summed E-state index contributed by atoms with van der Waals surface area (Å²) < 4.78 is 13.9. The second kappa shape index (κ2) is 11.4. The van der Waals surface area contributed by atoms with Crippen molar-refractivity contribution in [1.82, 2.24) is 19.9 Å². The molecule has 3 aromatic rings. The summed E-state index contributed by atoms with van der Waals surface area (Å²) in [6.07, 6.45) is 2.92. The van der Waals surface area contributed by atoms with Crippen LogP contribution in [0.4, 0.5) is 22.0 Å². The van der Waals surface area contributed by atoms with Gasteiger partial charge in [0.15, 0.2) is 0 Å². The van der Waals surface area contributed by atoms with E-state index in [2.05, 4.69) is 38.4 Å². The summed E-state index contributed by atoms with van der Waals surface area (Å²) in [5, 5.41) is 0.742. The van der Waals surface area contributed by atoms with Crippen molar-refractivity contribution in [2.75, 3.05) is 67.1 Å². The van der Waals surface area contributed by atoms with Gasteiger partial charge < -0.3 is 14.7 Å². The zero-order chi connectivity index (χ0) is 25.9. The first-order chi connectivity index (χ1) is 17.9. The molecule has 37 heavy (non-hydrogen) atoms. The van der Waals surface area contributed by atoms with Gasteiger partial charge in [-0.2, -0.15) is 4.98 Å². The molecule has 1 atom stereocenters. The SMILES string of the molecule is CCCN1CCN(c2nc(-c3ccc(F)c(Cl)c3)cc(N3CCN(c4ncccc4Cl)CC3C)n2)CC1. The molecule has 0 N–H and O–H groups in total. The van der Waals surface area contributed by atoms with E-state index in [1.54, 1.807) is 18.3 Å². The molecule has 196 valence electrons. The Morgan fingerprint density at radius 3 is 2.43 bits per heavy atom. The Kier molecular flexibility index (Phi) is 7.98. The van der Waals surface area contributed by atoms with E-state index in [1.807, 2.05) is 18.2 Å². The molecule has 2 aliphatic heterocycles. The highest BCUT2D eigenvalue weighted by atomic mass is 35.5. The molecule has 0 amide bonds. The third-order valence-electron chi connectivity index (χ3n) is 7.07. The number of anilines is 3. The molecule has 5 rings (SSSR count). The number of rotatable bonds is 6. The summed E-state index contributed by atoms with van der Waals surface area (Å²) in [4.78, 5) is 23.7. The lowest BCUT2D eigenvalue weighted by molar-refractivity contribution is 0.257. The molecule has 0 radical (unpaired) electrons. The lowest BCUT2D eigenvalue weighted by Gasteiger charge is -2.41. The van der Waals surface area contributed by atoms with Gasteiger partial charge >= 0.3 is 0 Å². The smallest absolute Gasteiger partial charge is 0.227 e. The highest BCUT2D eigenvalue weighted by molar-refractivity contribution is 6.33. The molecule has 2 aliphatic rings. The second-order valence-corrected chi connectivity index (χ2v) is 10.5. The Morgan fingerprint density at radius 1 is 0.946 bits per heavy atom. The molecule has 0 aliphatic carbocycles. The summed E-state index contributed by atoms with van der Waals surface area (Å²) in [5.74, 6) is 1.93. The number of piperazine rings is 2. The van der Waals surface area contributed by atoms with E-state index >= 15 is 0 Å². The van der Waals surface area contributed by atoms with Crippen molar-refractivity contribution in [2.45, 2.75) is 26.3 Å². The minimum Gasteiger partial charge on any atom is -0.352 e. The van der Waals surface area contributed by atoms with Crippen LogP contribution in [0.3, 0.4) is 0 Å². The van der Waals surface area contributed by atoms with Gasteiger partial charge in [0.1, 0.15) is 17.5 Å². The van der Waals surface area contributed by atoms with Crippen LogP contribution in [0.1, 0.15) is 20.3 Å². The van der Waals surface area contributed by atoms with Crippen LogP contribution >= 0.6 is 23.2 Å². The lowest BCUT2D eigenvalue weighted by Crippen LogP contribution is -2.53. The predicted octanol–water partition coefficient (Wildman–Crippen LogP) is 5.23. The van der Waals surface area contributed by atoms with Crippen molar-refractivity contribution in [1.29, 1.82) is 0 Å². The van der Waals surface area contributed by atoms with Crippen LogP contribution in [0.25, 0.3) is 11.3 Å². The van der Waals surface area contributed by atoms with Gasteiger partial charge in [-0.3, -0.25) is 4.90 Å². The Hall–Kier alpha value is -2.68. The fraction of sp³-hybridized carbons (Fsp3) is 0.444. The van der Waals surface area contributed by atoms with Crippen molar-refractivity contribution in [3.63, 3.8) is 0 Å². The van der Waals surface area contributed by atoms with E-state index in [4.69, 9.17) is 33.2 Å². The molecule has 2 fully saturated rings. The number of benzene rings is 1. The lowest BCUT2D eigenvalue weighted by atomic mass is 10.1. The van der Waals surface area contributed by atoms with E-state index in [0.717, 1.165) is 81.7 Å². The number of hydrogen-bond donors (Lipinski definition) is 0. The first kappa shape index (κ1) is 25.9. The maximum absolute atomic E-state index is 13.9. The van der Waals surface area contributed by atoms with Crippen LogP contribution in [0.2, 0.25) is 10.0 Å². The van der Waals surface area contributed by atoms with Crippen LogP contribution in [0.5, 0.6) is 0 Å². The van der Waals surface area contributed by atoms with E-state index in [0.29, 0.717) is 11.0 Å². The molecule has 4 heterocycles. The fourth-order valence-electron chi connectivity index (χ4n) is 5.10. The van der Waals surface area contributed by atoms with Gasteiger partial charge in [-0.25, -0.2) is 14.4 Å². The molecule has 1 aromatic carbocycles. The molecule has 0 saturated carbocycles. The van der Waals surface area contributed by atoms with E-state index < -0.39 is 5.82 Å². The number of hydrogen-bond acceptors (Lipinski definition) is 7. The van der Waals surface area contributed by atoms with E-state index in [9.17, 15) is 4.39 Å². The van der Waals surface area contributed by atoms with Crippen LogP contribution < -0.4 is 14.7 Å². The molecule has 2 saturated heterocycles. The fourth-order valence-corrected chi connectivity index (χ4v) is 5.52. The predicted molar refractivity (Wildman–Crippen MR) is 150 cm³/mol. The first-order valence-corrected chi connectivity index (χ1v) is 13.6. The van der Waals surface area contributed by atoms with Crippen molar-refractivity contribution in [3.8, 4) is 11.3 Å². The molecular formula is C27H32Cl2FN7. The molecule has 10 heteroatoms. The summed E-state index contributed by atoms with van der Waals surface area (Å²) in [7, 11) is 0. The minimum atomic E-state index is -0.440. The molecule has 7 nitrogen and oxygen atoms in total. The number of halogens is 3. The topological polar surface area (TPSA) is 51.6 Å². The second-order valence-electron chi connectivity index (χ2n) is 9.67. The van der Waals surface area contributed by atoms with Crippen molar-refractivity contribution in [3.05, 3.63) is 58.5 Å². The average Bonchev–Trinajstić information content (AvgIpc) is 2.91. The standard InChI is InChI=1S/C27H32Cl2FN7/c1-3-9-34-10-12-35(13-11-34)27-32-24(20-6-7-23(30)22(29)16-20)17-25(33-27)37-15-14-36(18-19(37)2)26-21(28)5-4-8-31-26/h4-8,16-17,19H,3,9-15,18H2,1-2H3. The van der Waals surface area contributed by atoms with Crippen LogP contribution in [-0.2, 0) is 0 Å². The third-order valence-corrected chi connectivity index (χ3v) is 7.66. The van der Waals surface area contributed by atoms with Gasteiger partial charge in [0.25, 0.3) is 0 Å². The highest BCUT2D eigenvalue weighted by Gasteiger charge is 2.28. The molecular weight excluding hydrogens is 512 g/mol. The van der Waals surface area contributed by atoms with E-state index in [-0.39, 0.29) is 11.1 Å². The summed E-state index contributed by atoms with van der Waals surface area (Å²) in [5.41, 5.74) is 1.51. The van der Waals surface area contributed by atoms with Crippen LogP contribution in [0.15, 0.2) is 42.6 Å². The summed E-state index contributed by atoms with van der Waals surface area (Å²) in [6.45, 7) is 11.5. The Labute approximate surface area is 227 Å². The Bertz CT molecular complexity index is 1240. The zero-order valence-corrected chi connectivity index (χ0v) is 22.8. The Morgan fingerprint density at radius 2 is 1.73 bits per heavy atom. The largest absolute Gasteiger partial charge is 0.352 e. The normalized spacial score (nSPS) is 18.9. The third kappa shape index (κ3) is 5.76. The molecule has 0 bridgehead atoms. The Balaban J connectivity index is 1.44. The quantitative estimate of drug-likeness (QED) is 0.421.